The van der Waals surface area contributed by atoms with Crippen molar-refractivity contribution in [3.05, 3.63) is 63.1 Å². The van der Waals surface area contributed by atoms with Gasteiger partial charge in [-0.1, -0.05) is 18.2 Å². The molecule has 4 heterocycles. The Labute approximate surface area is 188 Å². The highest BCUT2D eigenvalue weighted by atomic mass is 32.1. The van der Waals surface area contributed by atoms with Gasteiger partial charge in [0.05, 0.1) is 12.6 Å². The number of hydrogen-bond donors (Lipinski definition) is 1. The van der Waals surface area contributed by atoms with Gasteiger partial charge in [0.15, 0.2) is 0 Å². The maximum atomic E-state index is 12.9. The molecule has 0 spiro atoms. The molecule has 5 rings (SSSR count). The highest BCUT2D eigenvalue weighted by molar-refractivity contribution is 7.25. The Kier molecular flexibility index (Phi) is 5.75. The number of nitrogens with one attached hydrogen (secondary N) is 1. The number of thiophene rings is 1. The zero-order chi connectivity index (χ0) is 22.1. The fraction of sp³-hybridized carbons (Fsp3) is 0.391. The maximum Gasteiger partial charge on any atom is 0.328 e. The van der Waals surface area contributed by atoms with Crippen LogP contribution in [0.5, 0.6) is 5.75 Å². The molecule has 8 nitrogen and oxygen atoms in total. The lowest BCUT2D eigenvalue weighted by atomic mass is 9.97. The quantitative estimate of drug-likeness (QED) is 0.434. The van der Waals surface area contributed by atoms with Gasteiger partial charge in [0.1, 0.15) is 20.8 Å². The summed E-state index contributed by atoms with van der Waals surface area (Å²) in [5.41, 5.74) is 1.70. The second kappa shape index (κ2) is 8.84. The standard InChI is InChI=1S/C23H25N5O3S/c1-31-17-7-3-2-6-16(17)15-8-13-27(14-15)11-4-5-12-28-22(29)20-18(26-23(28)30)19-21(32-20)25-10-9-24-19/h2-3,6-7,9-10,15H,4-5,8,11-14H2,1H3,(H,26,30)/t15-/m1/s1. The van der Waals surface area contributed by atoms with Crippen LogP contribution in [-0.4, -0.2) is 51.2 Å². The van der Waals surface area contributed by atoms with E-state index in [1.165, 1.54) is 21.5 Å². The van der Waals surface area contributed by atoms with Gasteiger partial charge >= 0.3 is 5.69 Å². The fourth-order valence-electron chi connectivity index (χ4n) is 4.58. The van der Waals surface area contributed by atoms with Crippen LogP contribution in [0.4, 0.5) is 0 Å². The van der Waals surface area contributed by atoms with Gasteiger partial charge in [-0.15, -0.1) is 11.3 Å². The molecular weight excluding hydrogens is 426 g/mol. The van der Waals surface area contributed by atoms with Gasteiger partial charge in [0.2, 0.25) is 0 Å². The third-order valence-electron chi connectivity index (χ3n) is 6.20. The molecule has 1 saturated heterocycles. The maximum absolute atomic E-state index is 12.9. The van der Waals surface area contributed by atoms with Crippen molar-refractivity contribution in [1.29, 1.82) is 0 Å². The number of methoxy groups -OCH3 is 1. The number of rotatable bonds is 7. The summed E-state index contributed by atoms with van der Waals surface area (Å²) in [7, 11) is 1.72. The Morgan fingerprint density at radius 2 is 1.97 bits per heavy atom. The molecule has 1 N–H and O–H groups in total. The molecular formula is C23H25N5O3S. The Balaban J connectivity index is 1.21. The number of unbranched alkanes of at least 4 members (excludes halogenated alkanes) is 1. The molecule has 4 aromatic rings. The molecule has 166 valence electrons. The molecule has 3 aromatic heterocycles. The molecule has 0 unspecified atom stereocenters. The van der Waals surface area contributed by atoms with E-state index in [2.05, 4.69) is 32.0 Å². The van der Waals surface area contributed by atoms with Gasteiger partial charge in [-0.05, 0) is 44.0 Å². The van der Waals surface area contributed by atoms with Crippen molar-refractivity contribution in [3.63, 3.8) is 0 Å². The highest BCUT2D eigenvalue weighted by Gasteiger charge is 2.25. The van der Waals surface area contributed by atoms with Crippen molar-refractivity contribution in [2.24, 2.45) is 0 Å². The van der Waals surface area contributed by atoms with Crippen molar-refractivity contribution in [1.82, 2.24) is 24.4 Å². The van der Waals surface area contributed by atoms with E-state index in [9.17, 15) is 9.59 Å². The minimum Gasteiger partial charge on any atom is -0.496 e. The predicted octanol–water partition coefficient (Wildman–Crippen LogP) is 2.97. The van der Waals surface area contributed by atoms with Gasteiger partial charge < -0.3 is 14.6 Å². The first kappa shape index (κ1) is 20.8. The number of ether oxygens (including phenoxy) is 1. The molecule has 9 heteroatoms. The lowest BCUT2D eigenvalue weighted by Gasteiger charge is -2.17. The monoisotopic (exact) mass is 451 g/mol. The smallest absolute Gasteiger partial charge is 0.328 e. The number of hydrogen-bond acceptors (Lipinski definition) is 7. The van der Waals surface area contributed by atoms with Crippen molar-refractivity contribution in [3.8, 4) is 5.75 Å². The number of nitrogens with zero attached hydrogens (tertiary/aromatic N) is 4. The van der Waals surface area contributed by atoms with E-state index in [0.717, 1.165) is 44.6 Å². The summed E-state index contributed by atoms with van der Waals surface area (Å²) in [6.07, 6.45) is 5.97. The molecule has 0 amide bonds. The van der Waals surface area contributed by atoms with Crippen molar-refractivity contribution >= 4 is 31.9 Å². The van der Waals surface area contributed by atoms with Crippen LogP contribution in [0.2, 0.25) is 0 Å². The van der Waals surface area contributed by atoms with Crippen LogP contribution in [0.1, 0.15) is 30.7 Å². The second-order valence-electron chi connectivity index (χ2n) is 8.14. The number of aromatic nitrogens is 4. The number of benzene rings is 1. The molecule has 1 atom stereocenters. The third-order valence-corrected chi connectivity index (χ3v) is 7.28. The van der Waals surface area contributed by atoms with E-state index in [1.807, 2.05) is 12.1 Å². The topological polar surface area (TPSA) is 93.1 Å². The van der Waals surface area contributed by atoms with Crippen LogP contribution < -0.4 is 16.0 Å². The average Bonchev–Trinajstić information content (AvgIpc) is 3.43. The van der Waals surface area contributed by atoms with Crippen LogP contribution >= 0.6 is 11.3 Å². The molecule has 1 aromatic carbocycles. The SMILES string of the molecule is COc1ccccc1[C@@H]1CCN(CCCCn2c(=O)[nH]c3c(sc4nccnc43)c2=O)C1. The number of fused-ring (bicyclic) bond motifs is 3. The summed E-state index contributed by atoms with van der Waals surface area (Å²) in [6.45, 7) is 3.42. The minimum absolute atomic E-state index is 0.258. The summed E-state index contributed by atoms with van der Waals surface area (Å²) in [5.74, 6) is 1.44. The summed E-state index contributed by atoms with van der Waals surface area (Å²) < 4.78 is 7.33. The normalized spacial score (nSPS) is 16.8. The Morgan fingerprint density at radius 3 is 2.84 bits per heavy atom. The van der Waals surface area contributed by atoms with Crippen LogP contribution in [0, 0.1) is 0 Å². The van der Waals surface area contributed by atoms with E-state index in [-0.39, 0.29) is 11.2 Å². The number of para-hydroxylation sites is 1. The second-order valence-corrected chi connectivity index (χ2v) is 9.14. The fourth-order valence-corrected chi connectivity index (χ4v) is 5.59. The Morgan fingerprint density at radius 1 is 1.16 bits per heavy atom. The predicted molar refractivity (Wildman–Crippen MR) is 126 cm³/mol. The van der Waals surface area contributed by atoms with Crippen molar-refractivity contribution in [2.75, 3.05) is 26.7 Å². The molecule has 0 bridgehead atoms. The molecule has 0 aliphatic carbocycles. The first-order chi connectivity index (χ1) is 15.7. The van der Waals surface area contributed by atoms with E-state index in [4.69, 9.17) is 4.74 Å². The van der Waals surface area contributed by atoms with Gasteiger partial charge in [-0.25, -0.2) is 14.8 Å². The van der Waals surface area contributed by atoms with Crippen LogP contribution in [0.3, 0.4) is 0 Å². The Hall–Kier alpha value is -3.04. The molecule has 1 aliphatic heterocycles. The largest absolute Gasteiger partial charge is 0.496 e. The lowest BCUT2D eigenvalue weighted by Crippen LogP contribution is -2.34. The van der Waals surface area contributed by atoms with Gasteiger partial charge in [0.25, 0.3) is 5.56 Å². The van der Waals surface area contributed by atoms with Crippen molar-refractivity contribution < 1.29 is 4.74 Å². The molecule has 0 radical (unpaired) electrons. The lowest BCUT2D eigenvalue weighted by molar-refractivity contribution is 0.320. The van der Waals surface area contributed by atoms with Gasteiger partial charge in [-0.3, -0.25) is 9.36 Å². The minimum atomic E-state index is -0.384. The molecule has 1 aliphatic rings. The molecule has 1 fully saturated rings. The van der Waals surface area contributed by atoms with Crippen LogP contribution in [-0.2, 0) is 6.54 Å². The summed E-state index contributed by atoms with van der Waals surface area (Å²) in [5, 5.41) is 0. The summed E-state index contributed by atoms with van der Waals surface area (Å²) in [4.78, 5) is 39.9. The van der Waals surface area contributed by atoms with Crippen molar-refractivity contribution in [2.45, 2.75) is 31.7 Å². The first-order valence-electron chi connectivity index (χ1n) is 10.9. The summed E-state index contributed by atoms with van der Waals surface area (Å²) in [6, 6.07) is 8.24. The van der Waals surface area contributed by atoms with Crippen LogP contribution in [0.15, 0.2) is 46.2 Å². The summed E-state index contributed by atoms with van der Waals surface area (Å²) >= 11 is 1.28. The Bertz CT molecular complexity index is 1380. The first-order valence-corrected chi connectivity index (χ1v) is 11.7. The van der Waals surface area contributed by atoms with E-state index in [0.29, 0.717) is 33.0 Å². The number of aromatic amines is 1. The number of likely N-dealkylation sites (tertiary alicyclic amines) is 1. The highest BCUT2D eigenvalue weighted by Crippen LogP contribution is 2.33. The zero-order valence-corrected chi connectivity index (χ0v) is 18.7. The van der Waals surface area contributed by atoms with E-state index >= 15 is 0 Å². The van der Waals surface area contributed by atoms with E-state index < -0.39 is 0 Å². The zero-order valence-electron chi connectivity index (χ0n) is 17.9. The molecule has 0 saturated carbocycles. The van der Waals surface area contributed by atoms with Crippen LogP contribution in [0.25, 0.3) is 20.6 Å². The van der Waals surface area contributed by atoms with Gasteiger partial charge in [0, 0.05) is 31.4 Å². The third kappa shape index (κ3) is 3.82. The van der Waals surface area contributed by atoms with Gasteiger partial charge in [-0.2, -0.15) is 0 Å². The van der Waals surface area contributed by atoms with E-state index in [1.54, 1.807) is 19.5 Å². The number of H-pyrrole nitrogens is 1. The average molecular weight is 452 g/mol. The molecule has 32 heavy (non-hydrogen) atoms.